The second-order valence-corrected chi connectivity index (χ2v) is 6.69. The molecule has 2 N–H and O–H groups in total. The topological polar surface area (TPSA) is 80.6 Å². The van der Waals surface area contributed by atoms with Crippen molar-refractivity contribution in [1.29, 1.82) is 0 Å². The molecule has 1 saturated heterocycles. The zero-order valence-electron chi connectivity index (χ0n) is 14.3. The molecule has 1 aliphatic rings. The van der Waals surface area contributed by atoms with E-state index in [0.717, 1.165) is 6.42 Å². The number of nitrogens with one attached hydrogen (secondary N) is 2. The Hall–Kier alpha value is -2.83. The predicted octanol–water partition coefficient (Wildman–Crippen LogP) is 4.46. The highest BCUT2D eigenvalue weighted by molar-refractivity contribution is 6.31. The molecule has 1 unspecified atom stereocenters. The number of rotatable bonds is 4. The molecule has 2 heterocycles. The second-order valence-electron chi connectivity index (χ2n) is 6.26. The number of carbonyl (C=O) groups is 2. The van der Waals surface area contributed by atoms with Crippen LogP contribution in [0.1, 0.15) is 23.4 Å². The SMILES string of the molecule is O=C(Nc1cccc(Cl)c1)c1oc2ccccc2c1NC(=O)C1CCCO1. The molecule has 3 aromatic rings. The van der Waals surface area contributed by atoms with Crippen molar-refractivity contribution in [1.82, 2.24) is 0 Å². The number of benzene rings is 2. The van der Waals surface area contributed by atoms with Crippen molar-refractivity contribution in [2.24, 2.45) is 0 Å². The molecule has 1 aromatic heterocycles. The molecule has 1 aliphatic heterocycles. The lowest BCUT2D eigenvalue weighted by atomic mass is 10.2. The van der Waals surface area contributed by atoms with Crippen molar-refractivity contribution in [2.75, 3.05) is 17.2 Å². The van der Waals surface area contributed by atoms with E-state index in [1.54, 1.807) is 42.5 Å². The number of hydrogen-bond acceptors (Lipinski definition) is 4. The normalized spacial score (nSPS) is 16.4. The van der Waals surface area contributed by atoms with Crippen LogP contribution in [-0.2, 0) is 9.53 Å². The fraction of sp³-hybridized carbons (Fsp3) is 0.200. The highest BCUT2D eigenvalue weighted by Crippen LogP contribution is 2.32. The molecule has 138 valence electrons. The summed E-state index contributed by atoms with van der Waals surface area (Å²) in [6, 6.07) is 14.0. The lowest BCUT2D eigenvalue weighted by molar-refractivity contribution is -0.124. The first-order valence-corrected chi connectivity index (χ1v) is 9.00. The third-order valence-corrected chi connectivity index (χ3v) is 4.59. The summed E-state index contributed by atoms with van der Waals surface area (Å²) in [6.45, 7) is 0.562. The Kier molecular flexibility index (Phi) is 4.83. The van der Waals surface area contributed by atoms with E-state index in [0.29, 0.717) is 40.4 Å². The lowest BCUT2D eigenvalue weighted by Gasteiger charge is -2.11. The number of furan rings is 1. The summed E-state index contributed by atoms with van der Waals surface area (Å²) in [5.41, 5.74) is 1.38. The van der Waals surface area contributed by atoms with Gasteiger partial charge in [-0.25, -0.2) is 0 Å². The van der Waals surface area contributed by atoms with Crippen molar-refractivity contribution in [3.8, 4) is 0 Å². The van der Waals surface area contributed by atoms with E-state index in [4.69, 9.17) is 20.8 Å². The van der Waals surface area contributed by atoms with E-state index in [1.165, 1.54) is 0 Å². The number of ether oxygens (including phenoxy) is 1. The van der Waals surface area contributed by atoms with E-state index in [9.17, 15) is 9.59 Å². The molecule has 0 bridgehead atoms. The number of amides is 2. The smallest absolute Gasteiger partial charge is 0.293 e. The van der Waals surface area contributed by atoms with Crippen LogP contribution in [0.5, 0.6) is 0 Å². The van der Waals surface area contributed by atoms with Gasteiger partial charge in [-0.2, -0.15) is 0 Å². The van der Waals surface area contributed by atoms with Crippen LogP contribution in [0.4, 0.5) is 11.4 Å². The van der Waals surface area contributed by atoms with Crippen molar-refractivity contribution in [3.63, 3.8) is 0 Å². The lowest BCUT2D eigenvalue weighted by Crippen LogP contribution is -2.27. The molecular formula is C20H17ClN2O4. The summed E-state index contributed by atoms with van der Waals surface area (Å²) in [6.07, 6.45) is 0.986. The van der Waals surface area contributed by atoms with Crippen molar-refractivity contribution in [2.45, 2.75) is 18.9 Å². The number of para-hydroxylation sites is 1. The zero-order chi connectivity index (χ0) is 18.8. The van der Waals surface area contributed by atoms with Gasteiger partial charge in [-0.05, 0) is 43.2 Å². The van der Waals surface area contributed by atoms with Crippen molar-refractivity contribution in [3.05, 3.63) is 59.3 Å². The van der Waals surface area contributed by atoms with Gasteiger partial charge in [0.25, 0.3) is 11.8 Å². The maximum absolute atomic E-state index is 12.8. The molecule has 4 rings (SSSR count). The number of hydrogen-bond donors (Lipinski definition) is 2. The molecule has 7 heteroatoms. The Morgan fingerprint density at radius 1 is 1.07 bits per heavy atom. The average Bonchev–Trinajstić information content (AvgIpc) is 3.30. The number of halogens is 1. The maximum Gasteiger partial charge on any atom is 0.293 e. The standard InChI is InChI=1S/C20H17ClN2O4/c21-12-5-3-6-13(11-12)22-20(25)18-17(14-7-1-2-8-15(14)27-18)23-19(24)16-9-4-10-26-16/h1-3,5-8,11,16H,4,9-10H2,(H,22,25)(H,23,24). The summed E-state index contributed by atoms with van der Waals surface area (Å²) < 4.78 is 11.2. The summed E-state index contributed by atoms with van der Waals surface area (Å²) in [5.74, 6) is -0.727. The third kappa shape index (κ3) is 3.67. The van der Waals surface area contributed by atoms with Gasteiger partial charge >= 0.3 is 0 Å². The summed E-state index contributed by atoms with van der Waals surface area (Å²) in [7, 11) is 0. The van der Waals surface area contributed by atoms with Crippen LogP contribution in [0.3, 0.4) is 0 Å². The second kappa shape index (κ2) is 7.42. The van der Waals surface area contributed by atoms with Crippen LogP contribution in [0, 0.1) is 0 Å². The van der Waals surface area contributed by atoms with Gasteiger partial charge in [0.05, 0.1) is 0 Å². The zero-order valence-corrected chi connectivity index (χ0v) is 15.1. The minimum Gasteiger partial charge on any atom is -0.449 e. The molecule has 0 radical (unpaired) electrons. The van der Waals surface area contributed by atoms with E-state index in [-0.39, 0.29) is 11.7 Å². The van der Waals surface area contributed by atoms with Gasteiger partial charge in [0, 0.05) is 22.7 Å². The fourth-order valence-electron chi connectivity index (χ4n) is 3.07. The molecule has 0 saturated carbocycles. The molecule has 27 heavy (non-hydrogen) atoms. The van der Waals surface area contributed by atoms with Gasteiger partial charge in [-0.1, -0.05) is 29.8 Å². The Morgan fingerprint density at radius 2 is 1.93 bits per heavy atom. The first-order chi connectivity index (χ1) is 13.1. The Morgan fingerprint density at radius 3 is 2.70 bits per heavy atom. The monoisotopic (exact) mass is 384 g/mol. The first kappa shape index (κ1) is 17.6. The van der Waals surface area contributed by atoms with Crippen LogP contribution >= 0.6 is 11.6 Å². The molecule has 2 aromatic carbocycles. The van der Waals surface area contributed by atoms with Crippen molar-refractivity contribution >= 4 is 45.8 Å². The molecule has 0 aliphatic carbocycles. The van der Waals surface area contributed by atoms with E-state index >= 15 is 0 Å². The van der Waals surface area contributed by atoms with E-state index in [2.05, 4.69) is 10.6 Å². The first-order valence-electron chi connectivity index (χ1n) is 8.63. The largest absolute Gasteiger partial charge is 0.449 e. The van der Waals surface area contributed by atoms with Crippen LogP contribution in [-0.4, -0.2) is 24.5 Å². The predicted molar refractivity (Wildman–Crippen MR) is 103 cm³/mol. The summed E-state index contributed by atoms with van der Waals surface area (Å²) in [5, 5.41) is 6.71. The number of fused-ring (bicyclic) bond motifs is 1. The van der Waals surface area contributed by atoms with Crippen LogP contribution in [0.25, 0.3) is 11.0 Å². The van der Waals surface area contributed by atoms with Gasteiger partial charge in [-0.3, -0.25) is 9.59 Å². The number of anilines is 2. The Labute approximate surface area is 160 Å². The van der Waals surface area contributed by atoms with Gasteiger partial charge < -0.3 is 19.8 Å². The van der Waals surface area contributed by atoms with E-state index in [1.807, 2.05) is 6.07 Å². The van der Waals surface area contributed by atoms with Gasteiger partial charge in [0.2, 0.25) is 5.76 Å². The van der Waals surface area contributed by atoms with Crippen LogP contribution in [0.15, 0.2) is 52.9 Å². The van der Waals surface area contributed by atoms with Gasteiger partial charge in [-0.15, -0.1) is 0 Å². The molecule has 2 amide bonds. The molecule has 1 atom stereocenters. The average molecular weight is 385 g/mol. The maximum atomic E-state index is 12.8. The molecular weight excluding hydrogens is 368 g/mol. The minimum atomic E-state index is -0.512. The van der Waals surface area contributed by atoms with E-state index < -0.39 is 12.0 Å². The molecule has 1 fully saturated rings. The Balaban J connectivity index is 1.66. The van der Waals surface area contributed by atoms with Crippen molar-refractivity contribution < 1.29 is 18.7 Å². The third-order valence-electron chi connectivity index (χ3n) is 4.35. The molecule has 0 spiro atoms. The minimum absolute atomic E-state index is 0.0301. The quantitative estimate of drug-likeness (QED) is 0.696. The molecule has 6 nitrogen and oxygen atoms in total. The van der Waals surface area contributed by atoms with Crippen LogP contribution in [0.2, 0.25) is 5.02 Å². The highest BCUT2D eigenvalue weighted by Gasteiger charge is 2.28. The summed E-state index contributed by atoms with van der Waals surface area (Å²) in [4.78, 5) is 25.3. The highest BCUT2D eigenvalue weighted by atomic mass is 35.5. The van der Waals surface area contributed by atoms with Gasteiger partial charge in [0.1, 0.15) is 17.4 Å². The fourth-order valence-corrected chi connectivity index (χ4v) is 3.26. The number of carbonyl (C=O) groups excluding carboxylic acids is 2. The van der Waals surface area contributed by atoms with Crippen LogP contribution < -0.4 is 10.6 Å². The Bertz CT molecular complexity index is 1010. The van der Waals surface area contributed by atoms with Gasteiger partial charge in [0.15, 0.2) is 0 Å². The summed E-state index contributed by atoms with van der Waals surface area (Å²) >= 11 is 5.97.